The van der Waals surface area contributed by atoms with Gasteiger partial charge >= 0.3 is 24.2 Å². The molecule has 12 heteroatoms. The fourth-order valence-corrected chi connectivity index (χ4v) is 4.15. The van der Waals surface area contributed by atoms with Gasteiger partial charge in [0.15, 0.2) is 0 Å². The second-order valence-electron chi connectivity index (χ2n) is 8.64. The number of carbonyl (C=O) groups is 2. The van der Waals surface area contributed by atoms with Crippen LogP contribution in [0.2, 0.25) is 0 Å². The van der Waals surface area contributed by atoms with Crippen molar-refractivity contribution in [1.82, 2.24) is 10.6 Å². The van der Waals surface area contributed by atoms with Gasteiger partial charge in [0.05, 0.1) is 12.1 Å². The molecule has 2 aromatic carbocycles. The van der Waals surface area contributed by atoms with Gasteiger partial charge in [-0.25, -0.2) is 0 Å². The molecule has 2 aliphatic rings. The van der Waals surface area contributed by atoms with Gasteiger partial charge in [-0.1, -0.05) is 43.8 Å². The van der Waals surface area contributed by atoms with E-state index in [1.165, 1.54) is 0 Å². The molecule has 0 aliphatic carbocycles. The van der Waals surface area contributed by atoms with Gasteiger partial charge in [-0.05, 0) is 41.7 Å². The van der Waals surface area contributed by atoms with Gasteiger partial charge in [0.1, 0.15) is 24.7 Å². The average molecular weight is 544 g/mol. The number of halogens is 6. The monoisotopic (exact) mass is 544 g/mol. The number of carbonyl (C=O) groups excluding carboxylic acids is 2. The molecule has 0 aromatic heterocycles. The zero-order valence-corrected chi connectivity index (χ0v) is 20.3. The Morgan fingerprint density at radius 3 is 1.82 bits per heavy atom. The zero-order valence-electron chi connectivity index (χ0n) is 20.3. The van der Waals surface area contributed by atoms with Crippen molar-refractivity contribution in [2.45, 2.75) is 50.6 Å². The SMILES string of the molecule is C=Cc1cccc2c1C[C@@H](NC(=O)C(F)(F)F)CO2.CCc1cccc2c1C[C@@H](NC(=O)C(F)(F)F)CO2. The third kappa shape index (κ3) is 7.20. The summed E-state index contributed by atoms with van der Waals surface area (Å²) < 4.78 is 83.9. The van der Waals surface area contributed by atoms with E-state index in [0.717, 1.165) is 28.7 Å². The number of aryl methyl sites for hydroxylation is 1. The van der Waals surface area contributed by atoms with Crippen molar-refractivity contribution in [2.75, 3.05) is 13.2 Å². The first-order chi connectivity index (χ1) is 17.8. The van der Waals surface area contributed by atoms with Crippen LogP contribution in [0.5, 0.6) is 11.5 Å². The summed E-state index contributed by atoms with van der Waals surface area (Å²) in [6.07, 6.45) is -6.70. The summed E-state index contributed by atoms with van der Waals surface area (Å²) >= 11 is 0. The molecule has 0 radical (unpaired) electrons. The Bertz CT molecular complexity index is 1170. The number of hydrogen-bond acceptors (Lipinski definition) is 4. The molecule has 2 amide bonds. The molecule has 0 spiro atoms. The van der Waals surface area contributed by atoms with Crippen LogP contribution in [0.25, 0.3) is 6.08 Å². The van der Waals surface area contributed by atoms with Crippen LogP contribution in [-0.4, -0.2) is 49.5 Å². The van der Waals surface area contributed by atoms with Crippen molar-refractivity contribution in [3.8, 4) is 11.5 Å². The topological polar surface area (TPSA) is 76.7 Å². The van der Waals surface area contributed by atoms with Gasteiger partial charge in [-0.15, -0.1) is 0 Å². The highest BCUT2D eigenvalue weighted by Gasteiger charge is 2.41. The Hall–Kier alpha value is -3.70. The number of fused-ring (bicyclic) bond motifs is 2. The van der Waals surface area contributed by atoms with Crippen molar-refractivity contribution >= 4 is 17.9 Å². The third-order valence-corrected chi connectivity index (χ3v) is 5.97. The molecule has 2 aromatic rings. The quantitative estimate of drug-likeness (QED) is 0.555. The molecule has 0 saturated carbocycles. The molecule has 2 N–H and O–H groups in total. The van der Waals surface area contributed by atoms with Crippen molar-refractivity contribution in [3.05, 3.63) is 65.2 Å². The van der Waals surface area contributed by atoms with Crippen molar-refractivity contribution in [1.29, 1.82) is 0 Å². The van der Waals surface area contributed by atoms with Crippen molar-refractivity contribution < 1.29 is 45.4 Å². The Balaban J connectivity index is 0.000000211. The number of alkyl halides is 6. The van der Waals surface area contributed by atoms with E-state index < -0.39 is 36.3 Å². The standard InChI is InChI=1S/C13H14F3NO2.C13H12F3NO2/c2*1-2-8-4-3-5-11-10(8)6-9(7-19-11)17-12(18)13(14,15)16/h3-5,9H,2,6-7H2,1H3,(H,17,18);2-5,9H,1,6-7H2,(H,17,18)/t2*9-/m11/s1. The van der Waals surface area contributed by atoms with Crippen molar-refractivity contribution in [3.63, 3.8) is 0 Å². The van der Waals surface area contributed by atoms with Crippen LogP contribution in [0.4, 0.5) is 26.3 Å². The predicted molar refractivity (Wildman–Crippen MR) is 127 cm³/mol. The van der Waals surface area contributed by atoms with E-state index >= 15 is 0 Å². The van der Waals surface area contributed by atoms with Gasteiger partial charge in [0.25, 0.3) is 0 Å². The summed E-state index contributed by atoms with van der Waals surface area (Å²) in [6, 6.07) is 9.54. The minimum Gasteiger partial charge on any atom is -0.491 e. The summed E-state index contributed by atoms with van der Waals surface area (Å²) in [4.78, 5) is 21.8. The first-order valence-corrected chi connectivity index (χ1v) is 11.7. The minimum atomic E-state index is -4.88. The number of amides is 2. The summed E-state index contributed by atoms with van der Waals surface area (Å²) in [5.74, 6) is -2.55. The number of nitrogens with one attached hydrogen (secondary N) is 2. The molecule has 6 nitrogen and oxygen atoms in total. The van der Waals surface area contributed by atoms with Crippen molar-refractivity contribution in [2.24, 2.45) is 0 Å². The molecular formula is C26H26F6N2O4. The van der Waals surface area contributed by atoms with E-state index in [1.807, 2.05) is 29.7 Å². The van der Waals surface area contributed by atoms with Gasteiger partial charge in [0, 0.05) is 12.0 Å². The Labute approximate surface area is 215 Å². The lowest BCUT2D eigenvalue weighted by Crippen LogP contribution is -2.48. The molecule has 4 rings (SSSR count). The van der Waals surface area contributed by atoms with E-state index in [-0.39, 0.29) is 13.2 Å². The molecule has 206 valence electrons. The lowest BCUT2D eigenvalue weighted by Gasteiger charge is -2.27. The molecule has 0 unspecified atom stereocenters. The predicted octanol–water partition coefficient (Wildman–Crippen LogP) is 4.54. The molecule has 0 bridgehead atoms. The lowest BCUT2D eigenvalue weighted by molar-refractivity contribution is -0.174. The highest BCUT2D eigenvalue weighted by atomic mass is 19.4. The van der Waals surface area contributed by atoms with Crippen LogP contribution >= 0.6 is 0 Å². The van der Waals surface area contributed by atoms with E-state index in [1.54, 1.807) is 30.3 Å². The fourth-order valence-electron chi connectivity index (χ4n) is 4.15. The van der Waals surface area contributed by atoms with E-state index in [4.69, 9.17) is 9.47 Å². The van der Waals surface area contributed by atoms with Crippen LogP contribution < -0.4 is 20.1 Å². The Morgan fingerprint density at radius 2 is 1.34 bits per heavy atom. The molecule has 0 fully saturated rings. The number of benzene rings is 2. The fraction of sp³-hybridized carbons (Fsp3) is 0.385. The van der Waals surface area contributed by atoms with Crippen LogP contribution in [0.1, 0.15) is 29.2 Å². The largest absolute Gasteiger partial charge is 0.491 e. The first kappa shape index (κ1) is 28.9. The minimum absolute atomic E-state index is 0.0232. The summed E-state index contributed by atoms with van der Waals surface area (Å²) in [6.45, 7) is 5.69. The van der Waals surface area contributed by atoms with E-state index in [0.29, 0.717) is 24.3 Å². The van der Waals surface area contributed by atoms with E-state index in [9.17, 15) is 35.9 Å². The summed E-state index contributed by atoms with van der Waals surface area (Å²) in [5, 5.41) is 3.89. The Morgan fingerprint density at radius 1 is 0.868 bits per heavy atom. The number of rotatable bonds is 4. The van der Waals surface area contributed by atoms with Crippen LogP contribution in [-0.2, 0) is 28.9 Å². The molecule has 0 saturated heterocycles. The van der Waals surface area contributed by atoms with Gasteiger partial charge in [-0.2, -0.15) is 26.3 Å². The maximum atomic E-state index is 12.2. The molecule has 38 heavy (non-hydrogen) atoms. The van der Waals surface area contributed by atoms with E-state index in [2.05, 4.69) is 6.58 Å². The summed E-state index contributed by atoms with van der Waals surface area (Å²) in [7, 11) is 0. The molecule has 2 heterocycles. The van der Waals surface area contributed by atoms with Crippen LogP contribution in [0.15, 0.2) is 43.0 Å². The van der Waals surface area contributed by atoms with Crippen LogP contribution in [0, 0.1) is 0 Å². The van der Waals surface area contributed by atoms with Crippen LogP contribution in [0.3, 0.4) is 0 Å². The normalized spacial score (nSPS) is 18.3. The molecule has 2 atom stereocenters. The third-order valence-electron chi connectivity index (χ3n) is 5.97. The number of ether oxygens (including phenoxy) is 2. The number of hydrogen-bond donors (Lipinski definition) is 2. The van der Waals surface area contributed by atoms with Gasteiger partial charge < -0.3 is 20.1 Å². The van der Waals surface area contributed by atoms with Gasteiger partial charge in [0.2, 0.25) is 0 Å². The lowest BCUT2D eigenvalue weighted by atomic mass is 9.96. The molecule has 2 aliphatic heterocycles. The highest BCUT2D eigenvalue weighted by molar-refractivity contribution is 5.82. The van der Waals surface area contributed by atoms with Gasteiger partial charge in [-0.3, -0.25) is 9.59 Å². The zero-order chi connectivity index (χ0) is 28.1. The first-order valence-electron chi connectivity index (χ1n) is 11.7. The maximum absolute atomic E-state index is 12.2. The Kier molecular flexibility index (Phi) is 8.95. The second kappa shape index (κ2) is 11.8. The highest BCUT2D eigenvalue weighted by Crippen LogP contribution is 2.30. The maximum Gasteiger partial charge on any atom is 0.471 e. The summed E-state index contributed by atoms with van der Waals surface area (Å²) in [5.41, 5.74) is 3.46. The average Bonchev–Trinajstić information content (AvgIpc) is 2.87. The smallest absolute Gasteiger partial charge is 0.471 e. The molecular weight excluding hydrogens is 518 g/mol. The second-order valence-corrected chi connectivity index (χ2v) is 8.64.